The van der Waals surface area contributed by atoms with E-state index in [1.165, 1.54) is 18.3 Å². The van der Waals surface area contributed by atoms with Crippen molar-refractivity contribution in [1.82, 2.24) is 15.2 Å². The van der Waals surface area contributed by atoms with E-state index in [0.29, 0.717) is 24.1 Å². The fraction of sp³-hybridized carbons (Fsp3) is 0.300. The first-order valence-electron chi connectivity index (χ1n) is 5.12. The number of likely N-dealkylation sites (N-methyl/N-ethyl adjacent to an activating group) is 1. The highest BCUT2D eigenvalue weighted by Crippen LogP contribution is 2.18. The zero-order valence-corrected chi connectivity index (χ0v) is 10.1. The third-order valence-electron chi connectivity index (χ3n) is 2.30. The van der Waals surface area contributed by atoms with Gasteiger partial charge in [0.05, 0.1) is 11.1 Å². The van der Waals surface area contributed by atoms with Crippen molar-refractivity contribution in [2.24, 2.45) is 0 Å². The number of fused-ring (bicyclic) bond motifs is 1. The van der Waals surface area contributed by atoms with Gasteiger partial charge in [0.2, 0.25) is 10.0 Å². The molecule has 7 heteroatoms. The fourth-order valence-electron chi connectivity index (χ4n) is 1.41. The lowest BCUT2D eigenvalue weighted by Gasteiger charge is -2.05. The summed E-state index contributed by atoms with van der Waals surface area (Å²) < 4.78 is 31.2. The molecule has 0 radical (unpaired) electrons. The Balaban J connectivity index is 2.25. The SMILES string of the molecule is CNCCNS(=O)(=O)c1ccc2oncc2c1. The molecule has 2 N–H and O–H groups in total. The molecule has 0 bridgehead atoms. The van der Waals surface area contributed by atoms with Crippen LogP contribution in [0.4, 0.5) is 0 Å². The van der Waals surface area contributed by atoms with E-state index in [2.05, 4.69) is 15.2 Å². The molecule has 0 unspecified atom stereocenters. The maximum atomic E-state index is 11.9. The predicted molar refractivity (Wildman–Crippen MR) is 63.1 cm³/mol. The summed E-state index contributed by atoms with van der Waals surface area (Å²) in [4.78, 5) is 0.212. The molecule has 0 amide bonds. The number of sulfonamides is 1. The predicted octanol–water partition coefficient (Wildman–Crippen LogP) is 0.325. The van der Waals surface area contributed by atoms with Crippen molar-refractivity contribution in [3.8, 4) is 0 Å². The molecule has 92 valence electrons. The van der Waals surface area contributed by atoms with Crippen LogP contribution in [0.2, 0.25) is 0 Å². The number of benzene rings is 1. The molecule has 0 saturated carbocycles. The van der Waals surface area contributed by atoms with Crippen LogP contribution in [-0.2, 0) is 10.0 Å². The van der Waals surface area contributed by atoms with Gasteiger partial charge < -0.3 is 9.84 Å². The molecule has 0 aliphatic heterocycles. The lowest BCUT2D eigenvalue weighted by atomic mass is 10.3. The molecule has 6 nitrogen and oxygen atoms in total. The van der Waals surface area contributed by atoms with Crippen molar-refractivity contribution < 1.29 is 12.9 Å². The maximum absolute atomic E-state index is 11.9. The molecule has 0 aliphatic rings. The molecule has 17 heavy (non-hydrogen) atoms. The first-order valence-corrected chi connectivity index (χ1v) is 6.60. The quantitative estimate of drug-likeness (QED) is 0.752. The summed E-state index contributed by atoms with van der Waals surface area (Å²) in [7, 11) is -1.70. The summed E-state index contributed by atoms with van der Waals surface area (Å²) in [5.74, 6) is 0. The first kappa shape index (κ1) is 12.0. The number of aromatic nitrogens is 1. The van der Waals surface area contributed by atoms with Gasteiger partial charge in [-0.25, -0.2) is 13.1 Å². The van der Waals surface area contributed by atoms with Gasteiger partial charge in [-0.15, -0.1) is 0 Å². The monoisotopic (exact) mass is 255 g/mol. The molecule has 1 aromatic heterocycles. The average molecular weight is 255 g/mol. The summed E-state index contributed by atoms with van der Waals surface area (Å²) in [6.07, 6.45) is 1.49. The van der Waals surface area contributed by atoms with E-state index in [0.717, 1.165) is 0 Å². The van der Waals surface area contributed by atoms with Crippen LogP contribution in [0.15, 0.2) is 33.8 Å². The number of nitrogens with one attached hydrogen (secondary N) is 2. The van der Waals surface area contributed by atoms with E-state index < -0.39 is 10.0 Å². The van der Waals surface area contributed by atoms with E-state index in [9.17, 15) is 8.42 Å². The summed E-state index contributed by atoms with van der Waals surface area (Å²) in [5.41, 5.74) is 0.569. The van der Waals surface area contributed by atoms with E-state index >= 15 is 0 Å². The van der Waals surface area contributed by atoms with Crippen molar-refractivity contribution in [3.63, 3.8) is 0 Å². The van der Waals surface area contributed by atoms with Gasteiger partial charge in [0, 0.05) is 18.5 Å². The Morgan fingerprint density at radius 1 is 1.35 bits per heavy atom. The summed E-state index contributed by atoms with van der Waals surface area (Å²) in [6, 6.07) is 4.62. The molecule has 1 heterocycles. The molecule has 0 atom stereocenters. The van der Waals surface area contributed by atoms with Gasteiger partial charge in [-0.1, -0.05) is 5.16 Å². The van der Waals surface area contributed by atoms with Crippen LogP contribution >= 0.6 is 0 Å². The fourth-order valence-corrected chi connectivity index (χ4v) is 2.48. The number of nitrogens with zero attached hydrogens (tertiary/aromatic N) is 1. The second-order valence-electron chi connectivity index (χ2n) is 3.53. The van der Waals surface area contributed by atoms with Gasteiger partial charge in [0.1, 0.15) is 0 Å². The standard InChI is InChI=1S/C10H13N3O3S/c1-11-4-5-13-17(14,15)9-2-3-10-8(6-9)7-12-16-10/h2-3,6-7,11,13H,4-5H2,1H3. The van der Waals surface area contributed by atoms with Crippen molar-refractivity contribution in [2.75, 3.05) is 20.1 Å². The third kappa shape index (κ3) is 2.63. The zero-order valence-electron chi connectivity index (χ0n) is 9.30. The Hall–Kier alpha value is -1.44. The molecule has 0 aliphatic carbocycles. The largest absolute Gasteiger partial charge is 0.356 e. The molecular formula is C10H13N3O3S. The third-order valence-corrected chi connectivity index (χ3v) is 3.76. The van der Waals surface area contributed by atoms with Gasteiger partial charge in [-0.3, -0.25) is 0 Å². The van der Waals surface area contributed by atoms with Gasteiger partial charge >= 0.3 is 0 Å². The summed E-state index contributed by atoms with van der Waals surface area (Å²) in [6.45, 7) is 0.926. The first-order chi connectivity index (χ1) is 8.13. The minimum atomic E-state index is -3.46. The zero-order chi connectivity index (χ0) is 12.3. The average Bonchev–Trinajstić information content (AvgIpc) is 2.76. The molecule has 0 fully saturated rings. The van der Waals surface area contributed by atoms with Gasteiger partial charge in [0.25, 0.3) is 0 Å². The number of rotatable bonds is 5. The molecular weight excluding hydrogens is 242 g/mol. The minimum absolute atomic E-state index is 0.212. The molecule has 2 rings (SSSR count). The van der Waals surface area contributed by atoms with Gasteiger partial charge in [0.15, 0.2) is 5.58 Å². The Morgan fingerprint density at radius 3 is 2.94 bits per heavy atom. The Morgan fingerprint density at radius 2 is 2.18 bits per heavy atom. The van der Waals surface area contributed by atoms with Crippen LogP contribution in [0, 0.1) is 0 Å². The second kappa shape index (κ2) is 4.82. The van der Waals surface area contributed by atoms with Crippen molar-refractivity contribution in [2.45, 2.75) is 4.90 Å². The van der Waals surface area contributed by atoms with E-state index in [1.807, 2.05) is 0 Å². The highest BCUT2D eigenvalue weighted by Gasteiger charge is 2.14. The number of hydrogen-bond donors (Lipinski definition) is 2. The van der Waals surface area contributed by atoms with Crippen molar-refractivity contribution >= 4 is 21.0 Å². The highest BCUT2D eigenvalue weighted by molar-refractivity contribution is 7.89. The summed E-state index contributed by atoms with van der Waals surface area (Å²) in [5, 5.41) is 7.13. The van der Waals surface area contributed by atoms with E-state index in [-0.39, 0.29) is 4.90 Å². The van der Waals surface area contributed by atoms with Gasteiger partial charge in [-0.2, -0.15) is 0 Å². The minimum Gasteiger partial charge on any atom is -0.356 e. The van der Waals surface area contributed by atoms with Gasteiger partial charge in [-0.05, 0) is 25.2 Å². The van der Waals surface area contributed by atoms with Crippen molar-refractivity contribution in [1.29, 1.82) is 0 Å². The second-order valence-corrected chi connectivity index (χ2v) is 5.29. The maximum Gasteiger partial charge on any atom is 0.240 e. The van der Waals surface area contributed by atoms with Crippen LogP contribution in [0.5, 0.6) is 0 Å². The van der Waals surface area contributed by atoms with Crippen LogP contribution in [0.25, 0.3) is 11.0 Å². The van der Waals surface area contributed by atoms with Crippen LogP contribution < -0.4 is 10.0 Å². The Labute approximate surface area is 99.0 Å². The Bertz CT molecular complexity index is 606. The number of hydrogen-bond acceptors (Lipinski definition) is 5. The van der Waals surface area contributed by atoms with Crippen LogP contribution in [0.1, 0.15) is 0 Å². The Kier molecular flexibility index (Phi) is 3.41. The molecule has 2 aromatic rings. The normalized spacial score (nSPS) is 12.1. The highest BCUT2D eigenvalue weighted by atomic mass is 32.2. The molecule has 0 saturated heterocycles. The van der Waals surface area contributed by atoms with Crippen molar-refractivity contribution in [3.05, 3.63) is 24.4 Å². The van der Waals surface area contributed by atoms with E-state index in [4.69, 9.17) is 4.52 Å². The molecule has 0 spiro atoms. The molecule has 1 aromatic carbocycles. The smallest absolute Gasteiger partial charge is 0.240 e. The summed E-state index contributed by atoms with van der Waals surface area (Å²) >= 11 is 0. The van der Waals surface area contributed by atoms with E-state index in [1.54, 1.807) is 13.1 Å². The topological polar surface area (TPSA) is 84.2 Å². The lowest BCUT2D eigenvalue weighted by molar-refractivity contribution is 0.456. The van der Waals surface area contributed by atoms with Crippen LogP contribution in [0.3, 0.4) is 0 Å². The van der Waals surface area contributed by atoms with Crippen LogP contribution in [-0.4, -0.2) is 33.7 Å². The lowest BCUT2D eigenvalue weighted by Crippen LogP contribution is -2.30.